The molecule has 1 aliphatic heterocycles. The van der Waals surface area contributed by atoms with Crippen molar-refractivity contribution in [2.45, 2.75) is 25.8 Å². The van der Waals surface area contributed by atoms with Gasteiger partial charge in [-0.25, -0.2) is 8.42 Å². The fraction of sp³-hybridized carbons (Fsp3) is 0.571. The van der Waals surface area contributed by atoms with Crippen molar-refractivity contribution in [3.05, 3.63) is 29.3 Å². The molecule has 1 fully saturated rings. The van der Waals surface area contributed by atoms with Gasteiger partial charge < -0.3 is 4.74 Å². The van der Waals surface area contributed by atoms with Crippen molar-refractivity contribution < 1.29 is 13.2 Å². The van der Waals surface area contributed by atoms with E-state index in [4.69, 9.17) is 10.6 Å². The summed E-state index contributed by atoms with van der Waals surface area (Å²) < 4.78 is 28.3. The van der Waals surface area contributed by atoms with Gasteiger partial charge >= 0.3 is 0 Å². The zero-order valence-electron chi connectivity index (χ0n) is 11.9. The number of rotatable bonds is 5. The Bertz CT molecular complexity index is 572. The van der Waals surface area contributed by atoms with Crippen molar-refractivity contribution in [2.75, 3.05) is 18.6 Å². The van der Waals surface area contributed by atoms with Gasteiger partial charge in [-0.1, -0.05) is 6.07 Å². The molecule has 0 aromatic heterocycles. The molecule has 1 saturated heterocycles. The molecule has 0 bridgehead atoms. The Labute approximate surface area is 120 Å². The fourth-order valence-corrected chi connectivity index (χ4v) is 4.72. The number of hydrogen-bond donors (Lipinski definition) is 2. The van der Waals surface area contributed by atoms with E-state index in [9.17, 15) is 8.42 Å². The summed E-state index contributed by atoms with van der Waals surface area (Å²) in [4.78, 5) is 0. The van der Waals surface area contributed by atoms with Crippen LogP contribution in [0.2, 0.25) is 0 Å². The van der Waals surface area contributed by atoms with Gasteiger partial charge in [-0.3, -0.25) is 11.3 Å². The van der Waals surface area contributed by atoms with E-state index < -0.39 is 9.84 Å². The molecule has 0 aliphatic carbocycles. The van der Waals surface area contributed by atoms with E-state index in [1.54, 1.807) is 7.11 Å². The number of sulfone groups is 1. The molecule has 0 spiro atoms. The highest BCUT2D eigenvalue weighted by molar-refractivity contribution is 7.91. The van der Waals surface area contributed by atoms with Crippen LogP contribution in [0.4, 0.5) is 0 Å². The fourth-order valence-electron chi connectivity index (χ4n) is 2.84. The van der Waals surface area contributed by atoms with Crippen LogP contribution in [-0.4, -0.2) is 27.0 Å². The molecule has 0 saturated carbocycles. The van der Waals surface area contributed by atoms with E-state index in [0.29, 0.717) is 5.75 Å². The van der Waals surface area contributed by atoms with Crippen LogP contribution in [0.15, 0.2) is 18.2 Å². The van der Waals surface area contributed by atoms with Gasteiger partial charge in [0.15, 0.2) is 9.84 Å². The first kappa shape index (κ1) is 15.3. The van der Waals surface area contributed by atoms with Gasteiger partial charge in [0.1, 0.15) is 5.75 Å². The summed E-state index contributed by atoms with van der Waals surface area (Å²) in [6.45, 7) is 2.01. The SMILES string of the molecule is COc1ccc(C(CC2CCS(=O)(=O)C2)NN)c(C)c1. The van der Waals surface area contributed by atoms with Gasteiger partial charge in [-0.05, 0) is 48.9 Å². The van der Waals surface area contributed by atoms with Crippen LogP contribution in [0, 0.1) is 12.8 Å². The number of hydrazine groups is 1. The first-order valence-corrected chi connectivity index (χ1v) is 8.58. The normalized spacial score (nSPS) is 22.6. The van der Waals surface area contributed by atoms with Crippen LogP contribution >= 0.6 is 0 Å². The van der Waals surface area contributed by atoms with E-state index in [1.165, 1.54) is 0 Å². The van der Waals surface area contributed by atoms with Crippen LogP contribution < -0.4 is 16.0 Å². The van der Waals surface area contributed by atoms with Crippen LogP contribution in [0.3, 0.4) is 0 Å². The molecule has 1 aliphatic rings. The molecular weight excluding hydrogens is 276 g/mol. The molecule has 2 rings (SSSR count). The molecule has 0 amide bonds. The van der Waals surface area contributed by atoms with Crippen molar-refractivity contribution in [1.29, 1.82) is 0 Å². The summed E-state index contributed by atoms with van der Waals surface area (Å²) in [6.07, 6.45) is 1.47. The lowest BCUT2D eigenvalue weighted by atomic mass is 9.92. The van der Waals surface area contributed by atoms with Crippen LogP contribution in [-0.2, 0) is 9.84 Å². The highest BCUT2D eigenvalue weighted by Gasteiger charge is 2.30. The molecule has 1 aromatic carbocycles. The molecule has 112 valence electrons. The van der Waals surface area contributed by atoms with E-state index in [0.717, 1.165) is 29.7 Å². The maximum atomic E-state index is 11.5. The second-order valence-corrected chi connectivity index (χ2v) is 7.68. The molecule has 5 nitrogen and oxygen atoms in total. The number of hydrogen-bond acceptors (Lipinski definition) is 5. The van der Waals surface area contributed by atoms with Gasteiger partial charge in [0.2, 0.25) is 0 Å². The van der Waals surface area contributed by atoms with Crippen molar-refractivity contribution in [2.24, 2.45) is 11.8 Å². The second-order valence-electron chi connectivity index (χ2n) is 5.45. The first-order chi connectivity index (χ1) is 9.45. The van der Waals surface area contributed by atoms with Gasteiger partial charge in [-0.15, -0.1) is 0 Å². The zero-order chi connectivity index (χ0) is 14.8. The minimum Gasteiger partial charge on any atom is -0.497 e. The molecule has 0 radical (unpaired) electrons. The Hall–Kier alpha value is -1.11. The average molecular weight is 298 g/mol. The Morgan fingerprint density at radius 1 is 1.50 bits per heavy atom. The number of benzene rings is 1. The zero-order valence-corrected chi connectivity index (χ0v) is 12.7. The first-order valence-electron chi connectivity index (χ1n) is 6.76. The minimum atomic E-state index is -2.84. The smallest absolute Gasteiger partial charge is 0.150 e. The number of aryl methyl sites for hydroxylation is 1. The summed E-state index contributed by atoms with van der Waals surface area (Å²) in [5.74, 6) is 7.23. The predicted molar refractivity (Wildman–Crippen MR) is 79.2 cm³/mol. The quantitative estimate of drug-likeness (QED) is 0.633. The average Bonchev–Trinajstić information content (AvgIpc) is 2.75. The van der Waals surface area contributed by atoms with Gasteiger partial charge in [0, 0.05) is 6.04 Å². The number of ether oxygens (including phenoxy) is 1. The molecule has 3 N–H and O–H groups in total. The lowest BCUT2D eigenvalue weighted by Gasteiger charge is -2.21. The summed E-state index contributed by atoms with van der Waals surface area (Å²) in [7, 11) is -1.21. The van der Waals surface area contributed by atoms with E-state index in [2.05, 4.69) is 5.43 Å². The van der Waals surface area contributed by atoms with Crippen molar-refractivity contribution in [3.8, 4) is 5.75 Å². The minimum absolute atomic E-state index is 0.0285. The highest BCUT2D eigenvalue weighted by Crippen LogP contribution is 2.31. The maximum Gasteiger partial charge on any atom is 0.150 e. The standard InChI is InChI=1S/C14H22N2O3S/c1-10-7-12(19-2)3-4-13(10)14(16-15)8-11-5-6-20(17,18)9-11/h3-4,7,11,14,16H,5-6,8-9,15H2,1-2H3. The number of methoxy groups -OCH3 is 1. The maximum absolute atomic E-state index is 11.5. The van der Waals surface area contributed by atoms with E-state index >= 15 is 0 Å². The summed E-state index contributed by atoms with van der Waals surface area (Å²) in [6, 6.07) is 5.82. The molecule has 2 unspecified atom stereocenters. The summed E-state index contributed by atoms with van der Waals surface area (Å²) in [5.41, 5.74) is 5.00. The van der Waals surface area contributed by atoms with E-state index in [1.807, 2.05) is 25.1 Å². The third-order valence-corrected chi connectivity index (χ3v) is 5.79. The molecule has 20 heavy (non-hydrogen) atoms. The van der Waals surface area contributed by atoms with Gasteiger partial charge in [0.05, 0.1) is 18.6 Å². The molecule has 1 aromatic rings. The van der Waals surface area contributed by atoms with Crippen molar-refractivity contribution >= 4 is 9.84 Å². The molecule has 6 heteroatoms. The Morgan fingerprint density at radius 2 is 2.25 bits per heavy atom. The number of nitrogens with one attached hydrogen (secondary N) is 1. The van der Waals surface area contributed by atoms with E-state index in [-0.39, 0.29) is 17.7 Å². The summed E-state index contributed by atoms with van der Waals surface area (Å²) in [5, 5.41) is 0. The second kappa shape index (κ2) is 6.11. The van der Waals surface area contributed by atoms with Gasteiger partial charge in [-0.2, -0.15) is 0 Å². The predicted octanol–water partition coefficient (Wildman–Crippen LogP) is 1.33. The lowest BCUT2D eigenvalue weighted by Crippen LogP contribution is -2.30. The Morgan fingerprint density at radius 3 is 2.75 bits per heavy atom. The lowest BCUT2D eigenvalue weighted by molar-refractivity contribution is 0.409. The van der Waals surface area contributed by atoms with Crippen LogP contribution in [0.1, 0.15) is 30.0 Å². The molecule has 2 atom stereocenters. The van der Waals surface area contributed by atoms with Crippen LogP contribution in [0.5, 0.6) is 5.75 Å². The number of nitrogens with two attached hydrogens (primary N) is 1. The van der Waals surface area contributed by atoms with Gasteiger partial charge in [0.25, 0.3) is 0 Å². The monoisotopic (exact) mass is 298 g/mol. The molecular formula is C14H22N2O3S. The largest absolute Gasteiger partial charge is 0.497 e. The molecule has 1 heterocycles. The third kappa shape index (κ3) is 3.50. The topological polar surface area (TPSA) is 81.4 Å². The third-order valence-electron chi connectivity index (χ3n) is 3.95. The Balaban J connectivity index is 2.12. The van der Waals surface area contributed by atoms with Crippen molar-refractivity contribution in [3.63, 3.8) is 0 Å². The summed E-state index contributed by atoms with van der Waals surface area (Å²) >= 11 is 0. The van der Waals surface area contributed by atoms with Crippen LogP contribution in [0.25, 0.3) is 0 Å². The van der Waals surface area contributed by atoms with Crippen molar-refractivity contribution in [1.82, 2.24) is 5.43 Å². The Kier molecular flexibility index (Phi) is 4.67. The highest BCUT2D eigenvalue weighted by atomic mass is 32.2.